The maximum atomic E-state index is 12.7. The van der Waals surface area contributed by atoms with Gasteiger partial charge in [-0.15, -0.1) is 0 Å². The zero-order valence-corrected chi connectivity index (χ0v) is 12.1. The fourth-order valence-electron chi connectivity index (χ4n) is 3.19. The number of fused-ring (bicyclic) bond motifs is 1. The third kappa shape index (κ3) is 2.16. The standard InChI is InChI=1S/C14H19BrN2O/c15-13-8-11-9-16-7-6-12(11)17(13)14(18)10-4-2-1-3-5-10/h8,10,16H,1-7,9H2. The van der Waals surface area contributed by atoms with Gasteiger partial charge in [-0.05, 0) is 40.4 Å². The summed E-state index contributed by atoms with van der Waals surface area (Å²) >= 11 is 3.56. The van der Waals surface area contributed by atoms with E-state index in [1.54, 1.807) is 0 Å². The number of nitrogens with one attached hydrogen (secondary N) is 1. The molecule has 0 spiro atoms. The van der Waals surface area contributed by atoms with Gasteiger partial charge in [-0.3, -0.25) is 9.36 Å². The largest absolute Gasteiger partial charge is 0.312 e. The molecule has 4 heteroatoms. The van der Waals surface area contributed by atoms with Crippen molar-refractivity contribution in [3.05, 3.63) is 21.9 Å². The van der Waals surface area contributed by atoms with E-state index < -0.39 is 0 Å². The second-order valence-electron chi connectivity index (χ2n) is 5.37. The van der Waals surface area contributed by atoms with Crippen molar-refractivity contribution in [1.29, 1.82) is 0 Å². The van der Waals surface area contributed by atoms with Crippen molar-refractivity contribution in [3.63, 3.8) is 0 Å². The van der Waals surface area contributed by atoms with Gasteiger partial charge in [0, 0.05) is 31.1 Å². The molecule has 0 aromatic carbocycles. The molecule has 2 heterocycles. The summed E-state index contributed by atoms with van der Waals surface area (Å²) in [7, 11) is 0. The van der Waals surface area contributed by atoms with Gasteiger partial charge in [-0.2, -0.15) is 0 Å². The van der Waals surface area contributed by atoms with Gasteiger partial charge in [0.25, 0.3) is 0 Å². The van der Waals surface area contributed by atoms with Gasteiger partial charge in [0.2, 0.25) is 5.91 Å². The molecule has 1 aliphatic heterocycles. The Morgan fingerprint density at radius 3 is 2.89 bits per heavy atom. The molecule has 98 valence electrons. The lowest BCUT2D eigenvalue weighted by molar-refractivity contribution is 0.0795. The molecule has 1 fully saturated rings. The van der Waals surface area contributed by atoms with Gasteiger partial charge in [0.15, 0.2) is 0 Å². The Morgan fingerprint density at radius 2 is 2.11 bits per heavy atom. The van der Waals surface area contributed by atoms with Crippen molar-refractivity contribution in [2.45, 2.75) is 45.1 Å². The molecule has 0 unspecified atom stereocenters. The lowest BCUT2D eigenvalue weighted by atomic mass is 9.88. The Kier molecular flexibility index (Phi) is 3.57. The van der Waals surface area contributed by atoms with E-state index in [1.165, 1.54) is 30.5 Å². The number of carbonyl (C=O) groups excluding carboxylic acids is 1. The summed E-state index contributed by atoms with van der Waals surface area (Å²) in [5.41, 5.74) is 2.49. The number of rotatable bonds is 1. The second kappa shape index (κ2) is 5.17. The Hall–Kier alpha value is -0.610. The first-order valence-corrected chi connectivity index (χ1v) is 7.70. The first-order chi connectivity index (χ1) is 8.77. The van der Waals surface area contributed by atoms with Crippen LogP contribution in [0.15, 0.2) is 10.7 Å². The lowest BCUT2D eigenvalue weighted by Gasteiger charge is -2.23. The molecule has 1 aliphatic carbocycles. The van der Waals surface area contributed by atoms with E-state index >= 15 is 0 Å². The minimum Gasteiger partial charge on any atom is -0.312 e. The fraction of sp³-hybridized carbons (Fsp3) is 0.643. The summed E-state index contributed by atoms with van der Waals surface area (Å²) in [5, 5.41) is 3.35. The minimum atomic E-state index is 0.237. The summed E-state index contributed by atoms with van der Waals surface area (Å²) in [6, 6.07) is 2.10. The van der Waals surface area contributed by atoms with Gasteiger partial charge in [0.05, 0.1) is 4.60 Å². The average Bonchev–Trinajstić information content (AvgIpc) is 2.75. The Bertz CT molecular complexity index is 461. The molecule has 1 saturated carbocycles. The van der Waals surface area contributed by atoms with Crippen molar-refractivity contribution in [2.75, 3.05) is 6.54 Å². The van der Waals surface area contributed by atoms with E-state index in [-0.39, 0.29) is 5.92 Å². The van der Waals surface area contributed by atoms with Gasteiger partial charge in [0.1, 0.15) is 0 Å². The zero-order valence-electron chi connectivity index (χ0n) is 10.5. The highest BCUT2D eigenvalue weighted by atomic mass is 79.9. The van der Waals surface area contributed by atoms with Gasteiger partial charge < -0.3 is 5.32 Å². The van der Waals surface area contributed by atoms with Crippen LogP contribution < -0.4 is 5.32 Å². The maximum Gasteiger partial charge on any atom is 0.234 e. The summed E-state index contributed by atoms with van der Waals surface area (Å²) < 4.78 is 2.87. The summed E-state index contributed by atoms with van der Waals surface area (Å²) in [5.74, 6) is 0.547. The highest BCUT2D eigenvalue weighted by molar-refractivity contribution is 9.10. The van der Waals surface area contributed by atoms with Crippen molar-refractivity contribution >= 4 is 21.8 Å². The van der Waals surface area contributed by atoms with E-state index in [4.69, 9.17) is 0 Å². The number of nitrogens with zero attached hydrogens (tertiary/aromatic N) is 1. The highest BCUT2D eigenvalue weighted by Crippen LogP contribution is 2.30. The van der Waals surface area contributed by atoms with Crippen LogP contribution in [0.4, 0.5) is 0 Å². The number of aromatic nitrogens is 1. The van der Waals surface area contributed by atoms with Crippen LogP contribution in [0.1, 0.15) is 48.2 Å². The summed E-state index contributed by atoms with van der Waals surface area (Å²) in [6.45, 7) is 1.86. The normalized spacial score (nSPS) is 20.7. The van der Waals surface area contributed by atoms with Crippen LogP contribution in [0, 0.1) is 5.92 Å². The quantitative estimate of drug-likeness (QED) is 0.864. The molecule has 1 aromatic rings. The molecule has 3 nitrogen and oxygen atoms in total. The van der Waals surface area contributed by atoms with E-state index in [9.17, 15) is 4.79 Å². The van der Waals surface area contributed by atoms with Crippen molar-refractivity contribution in [2.24, 2.45) is 5.92 Å². The van der Waals surface area contributed by atoms with Gasteiger partial charge in [-0.1, -0.05) is 19.3 Å². The molecule has 0 bridgehead atoms. The first kappa shape index (κ1) is 12.4. The van der Waals surface area contributed by atoms with Crippen LogP contribution in [-0.4, -0.2) is 17.0 Å². The molecule has 0 radical (unpaired) electrons. The van der Waals surface area contributed by atoms with E-state index in [1.807, 2.05) is 4.57 Å². The predicted molar refractivity (Wildman–Crippen MR) is 74.7 cm³/mol. The summed E-state index contributed by atoms with van der Waals surface area (Å²) in [6.07, 6.45) is 6.79. The molecular weight excluding hydrogens is 292 g/mol. The number of hydrogen-bond donors (Lipinski definition) is 1. The topological polar surface area (TPSA) is 34.0 Å². The van der Waals surface area contributed by atoms with Crippen LogP contribution >= 0.6 is 15.9 Å². The molecule has 18 heavy (non-hydrogen) atoms. The number of carbonyl (C=O) groups is 1. The average molecular weight is 311 g/mol. The Morgan fingerprint density at radius 1 is 1.33 bits per heavy atom. The van der Waals surface area contributed by atoms with Crippen molar-refractivity contribution in [1.82, 2.24) is 9.88 Å². The second-order valence-corrected chi connectivity index (χ2v) is 6.19. The third-order valence-corrected chi connectivity index (χ3v) is 4.76. The minimum absolute atomic E-state index is 0.237. The van der Waals surface area contributed by atoms with Crippen LogP contribution in [0.25, 0.3) is 0 Å². The molecule has 0 atom stereocenters. The monoisotopic (exact) mass is 310 g/mol. The van der Waals surface area contributed by atoms with Crippen LogP contribution in [0.3, 0.4) is 0 Å². The fourth-order valence-corrected chi connectivity index (χ4v) is 3.85. The lowest BCUT2D eigenvalue weighted by Crippen LogP contribution is -2.29. The number of halogens is 1. The Balaban J connectivity index is 1.90. The molecule has 3 rings (SSSR count). The van der Waals surface area contributed by atoms with Crippen LogP contribution in [0.5, 0.6) is 0 Å². The third-order valence-electron chi connectivity index (χ3n) is 4.18. The molecule has 2 aliphatic rings. The van der Waals surface area contributed by atoms with Crippen LogP contribution in [0.2, 0.25) is 0 Å². The van der Waals surface area contributed by atoms with Gasteiger partial charge in [-0.25, -0.2) is 0 Å². The molecule has 1 aromatic heterocycles. The van der Waals surface area contributed by atoms with E-state index in [0.717, 1.165) is 37.0 Å². The van der Waals surface area contributed by atoms with E-state index in [2.05, 4.69) is 27.3 Å². The SMILES string of the molecule is O=C(C1CCCCC1)n1c(Br)cc2c1CCNC2. The Labute approximate surface area is 116 Å². The molecule has 0 amide bonds. The molecule has 0 saturated heterocycles. The van der Waals surface area contributed by atoms with E-state index in [0.29, 0.717) is 5.91 Å². The first-order valence-electron chi connectivity index (χ1n) is 6.91. The smallest absolute Gasteiger partial charge is 0.234 e. The van der Waals surface area contributed by atoms with Crippen molar-refractivity contribution in [3.8, 4) is 0 Å². The zero-order chi connectivity index (χ0) is 12.5. The predicted octanol–water partition coefficient (Wildman–Crippen LogP) is 3.12. The maximum absolute atomic E-state index is 12.7. The highest BCUT2D eigenvalue weighted by Gasteiger charge is 2.27. The van der Waals surface area contributed by atoms with Crippen molar-refractivity contribution < 1.29 is 4.79 Å². The van der Waals surface area contributed by atoms with Gasteiger partial charge >= 0.3 is 0 Å². The number of hydrogen-bond acceptors (Lipinski definition) is 2. The molecule has 1 N–H and O–H groups in total. The van der Waals surface area contributed by atoms with Crippen LogP contribution in [-0.2, 0) is 13.0 Å². The molecular formula is C14H19BrN2O. The summed E-state index contributed by atoms with van der Waals surface area (Å²) in [4.78, 5) is 12.7.